The van der Waals surface area contributed by atoms with Crippen LogP contribution in [0.3, 0.4) is 0 Å². The van der Waals surface area contributed by atoms with Crippen LogP contribution in [-0.2, 0) is 9.53 Å². The van der Waals surface area contributed by atoms with Gasteiger partial charge in [-0.2, -0.15) is 13.2 Å². The van der Waals surface area contributed by atoms with E-state index in [1.54, 1.807) is 4.90 Å². The topological polar surface area (TPSA) is 41.6 Å². The van der Waals surface area contributed by atoms with Gasteiger partial charge in [0, 0.05) is 6.54 Å². The lowest BCUT2D eigenvalue weighted by atomic mass is 10.3. The molecule has 0 radical (unpaired) electrons. The molecule has 2 aliphatic rings. The van der Waals surface area contributed by atoms with E-state index in [1.807, 2.05) is 6.92 Å². The second kappa shape index (κ2) is 4.13. The molecule has 0 aromatic heterocycles. The van der Waals surface area contributed by atoms with E-state index in [-0.39, 0.29) is 25.2 Å². The van der Waals surface area contributed by atoms with Crippen molar-refractivity contribution in [2.24, 2.45) is 0 Å². The first-order valence-corrected chi connectivity index (χ1v) is 5.57. The predicted molar refractivity (Wildman–Crippen MR) is 53.1 cm³/mol. The molecule has 1 atom stereocenters. The minimum absolute atomic E-state index is 0.0133. The molecule has 1 N–H and O–H groups in total. The number of nitrogens with one attached hydrogen (secondary N) is 1. The van der Waals surface area contributed by atoms with Crippen molar-refractivity contribution in [1.29, 1.82) is 0 Å². The van der Waals surface area contributed by atoms with Crippen LogP contribution in [0.15, 0.2) is 0 Å². The van der Waals surface area contributed by atoms with Gasteiger partial charge in [0.25, 0.3) is 0 Å². The van der Waals surface area contributed by atoms with Gasteiger partial charge in [-0.15, -0.1) is 0 Å². The van der Waals surface area contributed by atoms with E-state index in [0.717, 1.165) is 12.8 Å². The van der Waals surface area contributed by atoms with Crippen LogP contribution in [0.4, 0.5) is 13.2 Å². The highest BCUT2D eigenvalue weighted by Gasteiger charge is 2.57. The summed E-state index contributed by atoms with van der Waals surface area (Å²) in [4.78, 5) is 13.4. The van der Waals surface area contributed by atoms with Gasteiger partial charge in [0.15, 0.2) is 0 Å². The molecule has 0 aromatic carbocycles. The largest absolute Gasteiger partial charge is 0.411 e. The van der Waals surface area contributed by atoms with Crippen molar-refractivity contribution in [3.63, 3.8) is 0 Å². The Morgan fingerprint density at radius 1 is 1.53 bits per heavy atom. The maximum absolute atomic E-state index is 11.9. The van der Waals surface area contributed by atoms with Crippen LogP contribution in [0, 0.1) is 0 Å². The average Bonchev–Trinajstić information content (AvgIpc) is 2.91. The van der Waals surface area contributed by atoms with Crippen LogP contribution in [0.5, 0.6) is 0 Å². The lowest BCUT2D eigenvalue weighted by molar-refractivity contribution is -0.174. The number of carbonyl (C=O) groups excluding carboxylic acids is 1. The number of halogens is 3. The van der Waals surface area contributed by atoms with Crippen LogP contribution in [-0.4, -0.2) is 48.4 Å². The molecule has 7 heteroatoms. The zero-order chi connectivity index (χ0) is 12.7. The minimum Gasteiger partial charge on any atom is -0.370 e. The monoisotopic (exact) mass is 252 g/mol. The third-order valence-electron chi connectivity index (χ3n) is 3.12. The number of hydrogen-bond donors (Lipinski definition) is 1. The molecule has 2 fully saturated rings. The number of amides is 1. The maximum Gasteiger partial charge on any atom is 0.411 e. The molecule has 1 saturated carbocycles. The van der Waals surface area contributed by atoms with Crippen LogP contribution < -0.4 is 5.32 Å². The number of alkyl halides is 3. The summed E-state index contributed by atoms with van der Waals surface area (Å²) in [5.41, 5.74) is -0.413. The maximum atomic E-state index is 11.9. The van der Waals surface area contributed by atoms with E-state index in [0.29, 0.717) is 0 Å². The van der Waals surface area contributed by atoms with E-state index in [1.165, 1.54) is 0 Å². The molecule has 1 heterocycles. The molecule has 17 heavy (non-hydrogen) atoms. The van der Waals surface area contributed by atoms with Crippen LogP contribution >= 0.6 is 0 Å². The van der Waals surface area contributed by atoms with Gasteiger partial charge < -0.3 is 9.64 Å². The van der Waals surface area contributed by atoms with Crippen molar-refractivity contribution < 1.29 is 22.7 Å². The standard InChI is InChI=1S/C10H15F3N2O2/c1-7-14-9(2-3-9)8(16)15(7)4-5-17-6-10(11,12)13/h7,14H,2-6H2,1H3. The van der Waals surface area contributed by atoms with E-state index in [9.17, 15) is 18.0 Å². The molecule has 1 unspecified atom stereocenters. The summed E-state index contributed by atoms with van der Waals surface area (Å²) in [6.07, 6.45) is -2.80. The first kappa shape index (κ1) is 12.6. The highest BCUT2D eigenvalue weighted by molar-refractivity contribution is 5.91. The molecule has 1 saturated heterocycles. The van der Waals surface area contributed by atoms with Crippen LogP contribution in [0.1, 0.15) is 19.8 Å². The summed E-state index contributed by atoms with van der Waals surface area (Å²) in [5, 5.41) is 3.16. The first-order chi connectivity index (χ1) is 7.84. The molecular weight excluding hydrogens is 237 g/mol. The molecular formula is C10H15F3N2O2. The fourth-order valence-electron chi connectivity index (χ4n) is 2.12. The number of carbonyl (C=O) groups is 1. The minimum atomic E-state index is -4.31. The summed E-state index contributed by atoms with van der Waals surface area (Å²) in [6, 6.07) is 0. The second-order valence-electron chi connectivity index (χ2n) is 4.57. The van der Waals surface area contributed by atoms with E-state index in [4.69, 9.17) is 0 Å². The summed E-state index contributed by atoms with van der Waals surface area (Å²) in [5.74, 6) is -0.0133. The fraction of sp³-hybridized carbons (Fsp3) is 0.900. The molecule has 98 valence electrons. The quantitative estimate of drug-likeness (QED) is 0.755. The van der Waals surface area contributed by atoms with Gasteiger partial charge in [-0.25, -0.2) is 0 Å². The van der Waals surface area contributed by atoms with Crippen molar-refractivity contribution in [1.82, 2.24) is 10.2 Å². The van der Waals surface area contributed by atoms with Crippen molar-refractivity contribution in [2.75, 3.05) is 19.8 Å². The predicted octanol–water partition coefficient (Wildman–Crippen LogP) is 0.876. The normalized spacial score (nSPS) is 26.9. The van der Waals surface area contributed by atoms with Gasteiger partial charge >= 0.3 is 6.18 Å². The number of hydrogen-bond acceptors (Lipinski definition) is 3. The van der Waals surface area contributed by atoms with E-state index < -0.39 is 18.3 Å². The van der Waals surface area contributed by atoms with Crippen LogP contribution in [0.25, 0.3) is 0 Å². The number of rotatable bonds is 4. The summed E-state index contributed by atoms with van der Waals surface area (Å²) in [6.45, 7) is 0.675. The Morgan fingerprint density at radius 2 is 2.18 bits per heavy atom. The Balaban J connectivity index is 1.74. The molecule has 1 aliphatic heterocycles. The second-order valence-corrected chi connectivity index (χ2v) is 4.57. The Hall–Kier alpha value is -0.820. The van der Waals surface area contributed by atoms with Crippen molar-refractivity contribution in [3.8, 4) is 0 Å². The van der Waals surface area contributed by atoms with Crippen molar-refractivity contribution >= 4 is 5.91 Å². The summed E-state index contributed by atoms with van der Waals surface area (Å²) < 4.78 is 40.0. The third-order valence-corrected chi connectivity index (χ3v) is 3.12. The van der Waals surface area contributed by atoms with Crippen molar-refractivity contribution in [3.05, 3.63) is 0 Å². The summed E-state index contributed by atoms with van der Waals surface area (Å²) >= 11 is 0. The molecule has 0 bridgehead atoms. The Labute approximate surface area is 97.1 Å². The van der Waals surface area contributed by atoms with Crippen molar-refractivity contribution in [2.45, 2.75) is 37.6 Å². The smallest absolute Gasteiger partial charge is 0.370 e. The van der Waals surface area contributed by atoms with Gasteiger partial charge in [0.05, 0.1) is 18.3 Å². The molecule has 4 nitrogen and oxygen atoms in total. The lowest BCUT2D eigenvalue weighted by Gasteiger charge is -2.20. The molecule has 1 spiro atoms. The average molecular weight is 252 g/mol. The van der Waals surface area contributed by atoms with Crippen LogP contribution in [0.2, 0.25) is 0 Å². The molecule has 1 amide bonds. The lowest BCUT2D eigenvalue weighted by Crippen LogP contribution is -2.37. The summed E-state index contributed by atoms with van der Waals surface area (Å²) in [7, 11) is 0. The Bertz CT molecular complexity index is 315. The van der Waals surface area contributed by atoms with Gasteiger partial charge in [0.1, 0.15) is 6.61 Å². The Kier molecular flexibility index (Phi) is 3.07. The molecule has 1 aliphatic carbocycles. The molecule has 2 rings (SSSR count). The highest BCUT2D eigenvalue weighted by Crippen LogP contribution is 2.41. The van der Waals surface area contributed by atoms with Gasteiger partial charge in [-0.3, -0.25) is 10.1 Å². The first-order valence-electron chi connectivity index (χ1n) is 5.57. The van der Waals surface area contributed by atoms with E-state index >= 15 is 0 Å². The zero-order valence-electron chi connectivity index (χ0n) is 9.51. The SMILES string of the molecule is CC1NC2(CC2)C(=O)N1CCOCC(F)(F)F. The zero-order valence-corrected chi connectivity index (χ0v) is 9.51. The van der Waals surface area contributed by atoms with E-state index in [2.05, 4.69) is 10.1 Å². The number of ether oxygens (including phenoxy) is 1. The molecule has 0 aromatic rings. The van der Waals surface area contributed by atoms with Gasteiger partial charge in [0.2, 0.25) is 5.91 Å². The third kappa shape index (κ3) is 2.71. The van der Waals surface area contributed by atoms with Gasteiger partial charge in [-0.05, 0) is 19.8 Å². The number of nitrogens with zero attached hydrogens (tertiary/aromatic N) is 1. The Morgan fingerprint density at radius 3 is 2.65 bits per heavy atom. The van der Waals surface area contributed by atoms with Gasteiger partial charge in [-0.1, -0.05) is 0 Å². The highest BCUT2D eigenvalue weighted by atomic mass is 19.4. The fourth-order valence-corrected chi connectivity index (χ4v) is 2.12.